The maximum atomic E-state index is 10.8. The first-order chi connectivity index (χ1) is 6.65. The molecule has 0 atom stereocenters. The molecule has 4 nitrogen and oxygen atoms in total. The molecule has 0 spiro atoms. The summed E-state index contributed by atoms with van der Waals surface area (Å²) in [4.78, 5) is 10.8. The monoisotopic (exact) mass is 190 g/mol. The van der Waals surface area contributed by atoms with Crippen LogP contribution in [-0.2, 0) is 0 Å². The lowest BCUT2D eigenvalue weighted by Crippen LogP contribution is -2.01. The summed E-state index contributed by atoms with van der Waals surface area (Å²) in [6.07, 6.45) is 0. The minimum Gasteiger partial charge on any atom is -0.478 e. The number of nitrogen functional groups attached to an aromatic ring is 1. The maximum absolute atomic E-state index is 10.8. The summed E-state index contributed by atoms with van der Waals surface area (Å²) in [6.45, 7) is 0.188. The first-order valence-electron chi connectivity index (χ1n) is 3.97. The molecule has 0 aromatic heterocycles. The fourth-order valence-corrected chi connectivity index (χ4v) is 0.998. The van der Waals surface area contributed by atoms with Crippen molar-refractivity contribution in [1.29, 1.82) is 0 Å². The van der Waals surface area contributed by atoms with Crippen molar-refractivity contribution < 1.29 is 9.90 Å². The molecule has 14 heavy (non-hydrogen) atoms. The zero-order valence-corrected chi connectivity index (χ0v) is 7.45. The van der Waals surface area contributed by atoms with Crippen LogP contribution in [0.3, 0.4) is 0 Å². The second kappa shape index (κ2) is 4.30. The highest BCUT2D eigenvalue weighted by molar-refractivity contribution is 5.91. The smallest absolute Gasteiger partial charge is 0.336 e. The topological polar surface area (TPSA) is 89.3 Å². The molecule has 1 rings (SSSR count). The molecule has 0 aliphatic carbocycles. The molecule has 0 aliphatic heterocycles. The highest BCUT2D eigenvalue weighted by Crippen LogP contribution is 2.12. The number of nitrogens with two attached hydrogens (primary N) is 2. The maximum Gasteiger partial charge on any atom is 0.336 e. The van der Waals surface area contributed by atoms with Gasteiger partial charge in [-0.3, -0.25) is 0 Å². The van der Waals surface area contributed by atoms with E-state index < -0.39 is 5.97 Å². The molecule has 1 aromatic rings. The number of carboxylic acids is 1. The van der Waals surface area contributed by atoms with Gasteiger partial charge in [-0.2, -0.15) is 0 Å². The second-order valence-electron chi connectivity index (χ2n) is 2.62. The standard InChI is InChI=1S/C10H10N2O2/c11-5-1-2-7-6-8(12)3-4-9(7)10(13)14/h3-4,6H,5,11-12H2,(H,13,14). The molecule has 0 fully saturated rings. The Morgan fingerprint density at radius 3 is 2.79 bits per heavy atom. The van der Waals surface area contributed by atoms with Crippen LogP contribution in [0, 0.1) is 11.8 Å². The molecule has 0 saturated heterocycles. The molecule has 1 aromatic carbocycles. The van der Waals surface area contributed by atoms with Gasteiger partial charge in [0.1, 0.15) is 0 Å². The van der Waals surface area contributed by atoms with E-state index in [0.717, 1.165) is 0 Å². The average molecular weight is 190 g/mol. The van der Waals surface area contributed by atoms with Crippen molar-refractivity contribution in [2.45, 2.75) is 0 Å². The van der Waals surface area contributed by atoms with E-state index in [0.29, 0.717) is 11.3 Å². The Balaban J connectivity index is 3.22. The Bertz CT molecular complexity index is 416. The third kappa shape index (κ3) is 2.25. The van der Waals surface area contributed by atoms with Crippen LogP contribution in [0.25, 0.3) is 0 Å². The molecule has 0 aliphatic rings. The Hall–Kier alpha value is -1.99. The number of carbonyl (C=O) groups is 1. The summed E-state index contributed by atoms with van der Waals surface area (Å²) in [7, 11) is 0. The zero-order chi connectivity index (χ0) is 10.6. The quantitative estimate of drug-likeness (QED) is 0.438. The Morgan fingerprint density at radius 2 is 2.21 bits per heavy atom. The van der Waals surface area contributed by atoms with E-state index in [2.05, 4.69) is 11.8 Å². The van der Waals surface area contributed by atoms with Crippen molar-refractivity contribution in [3.63, 3.8) is 0 Å². The van der Waals surface area contributed by atoms with E-state index in [4.69, 9.17) is 16.6 Å². The third-order valence-corrected chi connectivity index (χ3v) is 1.60. The van der Waals surface area contributed by atoms with Crippen molar-refractivity contribution in [3.8, 4) is 11.8 Å². The van der Waals surface area contributed by atoms with Crippen LogP contribution < -0.4 is 11.5 Å². The third-order valence-electron chi connectivity index (χ3n) is 1.60. The Labute approximate surface area is 81.5 Å². The summed E-state index contributed by atoms with van der Waals surface area (Å²) in [6, 6.07) is 4.47. The molecule has 0 bridgehead atoms. The second-order valence-corrected chi connectivity index (χ2v) is 2.62. The van der Waals surface area contributed by atoms with Crippen molar-refractivity contribution in [3.05, 3.63) is 29.3 Å². The van der Waals surface area contributed by atoms with Gasteiger partial charge in [-0.25, -0.2) is 4.79 Å². The Kier molecular flexibility index (Phi) is 3.10. The van der Waals surface area contributed by atoms with Gasteiger partial charge in [0, 0.05) is 11.3 Å². The van der Waals surface area contributed by atoms with Crippen molar-refractivity contribution in [2.24, 2.45) is 5.73 Å². The Morgan fingerprint density at radius 1 is 1.50 bits per heavy atom. The summed E-state index contributed by atoms with van der Waals surface area (Å²) in [5.74, 6) is 4.22. The van der Waals surface area contributed by atoms with Gasteiger partial charge in [0.05, 0.1) is 12.1 Å². The normalized spacial score (nSPS) is 8.93. The molecule has 0 unspecified atom stereocenters. The summed E-state index contributed by atoms with van der Waals surface area (Å²) in [5, 5.41) is 8.82. The fraction of sp³-hybridized carbons (Fsp3) is 0.100. The van der Waals surface area contributed by atoms with Gasteiger partial charge < -0.3 is 16.6 Å². The van der Waals surface area contributed by atoms with Crippen molar-refractivity contribution in [2.75, 3.05) is 12.3 Å². The van der Waals surface area contributed by atoms with Gasteiger partial charge in [0.2, 0.25) is 0 Å². The molecule has 0 radical (unpaired) electrons. The van der Waals surface area contributed by atoms with Gasteiger partial charge in [0.25, 0.3) is 0 Å². The van der Waals surface area contributed by atoms with Gasteiger partial charge in [-0.1, -0.05) is 11.8 Å². The van der Waals surface area contributed by atoms with Gasteiger partial charge in [0.15, 0.2) is 0 Å². The van der Waals surface area contributed by atoms with E-state index in [1.54, 1.807) is 0 Å². The van der Waals surface area contributed by atoms with Gasteiger partial charge in [-0.05, 0) is 18.2 Å². The summed E-state index contributed by atoms with van der Waals surface area (Å²) in [5.41, 5.74) is 11.7. The van der Waals surface area contributed by atoms with E-state index in [-0.39, 0.29) is 12.1 Å². The van der Waals surface area contributed by atoms with Crippen LogP contribution in [-0.4, -0.2) is 17.6 Å². The SMILES string of the molecule is NCC#Cc1cc(N)ccc1C(=O)O. The first kappa shape index (κ1) is 10.1. The molecule has 72 valence electrons. The summed E-state index contributed by atoms with van der Waals surface area (Å²) < 4.78 is 0. The van der Waals surface area contributed by atoms with Crippen LogP contribution in [0.4, 0.5) is 5.69 Å². The molecule has 5 N–H and O–H groups in total. The highest BCUT2D eigenvalue weighted by atomic mass is 16.4. The number of benzene rings is 1. The van der Waals surface area contributed by atoms with Crippen LogP contribution in [0.2, 0.25) is 0 Å². The van der Waals surface area contributed by atoms with E-state index in [1.807, 2.05) is 0 Å². The van der Waals surface area contributed by atoms with E-state index >= 15 is 0 Å². The largest absolute Gasteiger partial charge is 0.478 e. The van der Waals surface area contributed by atoms with Crippen LogP contribution in [0.5, 0.6) is 0 Å². The van der Waals surface area contributed by atoms with E-state index in [9.17, 15) is 4.79 Å². The minimum atomic E-state index is -1.02. The minimum absolute atomic E-state index is 0.139. The number of hydrogen-bond donors (Lipinski definition) is 3. The van der Waals surface area contributed by atoms with Crippen LogP contribution >= 0.6 is 0 Å². The van der Waals surface area contributed by atoms with Gasteiger partial charge >= 0.3 is 5.97 Å². The molecule has 0 amide bonds. The number of carboxylic acid groups (broad SMARTS) is 1. The molecule has 0 saturated carbocycles. The summed E-state index contributed by atoms with van der Waals surface area (Å²) >= 11 is 0. The van der Waals surface area contributed by atoms with Crippen LogP contribution in [0.15, 0.2) is 18.2 Å². The zero-order valence-electron chi connectivity index (χ0n) is 7.45. The molecule has 4 heteroatoms. The number of rotatable bonds is 1. The average Bonchev–Trinajstić information content (AvgIpc) is 2.14. The number of hydrogen-bond acceptors (Lipinski definition) is 3. The predicted molar refractivity (Wildman–Crippen MR) is 53.7 cm³/mol. The van der Waals surface area contributed by atoms with Gasteiger partial charge in [-0.15, -0.1) is 0 Å². The van der Waals surface area contributed by atoms with Crippen molar-refractivity contribution >= 4 is 11.7 Å². The fourth-order valence-electron chi connectivity index (χ4n) is 0.998. The lowest BCUT2D eigenvalue weighted by Gasteiger charge is -1.99. The highest BCUT2D eigenvalue weighted by Gasteiger charge is 2.07. The van der Waals surface area contributed by atoms with Crippen molar-refractivity contribution in [1.82, 2.24) is 0 Å². The van der Waals surface area contributed by atoms with E-state index in [1.165, 1.54) is 18.2 Å². The predicted octanol–water partition coefficient (Wildman–Crippen LogP) is 0.277. The number of anilines is 1. The van der Waals surface area contributed by atoms with Crippen LogP contribution in [0.1, 0.15) is 15.9 Å². The molecular formula is C10H10N2O2. The lowest BCUT2D eigenvalue weighted by molar-refractivity contribution is 0.0696. The molecule has 0 heterocycles. The lowest BCUT2D eigenvalue weighted by atomic mass is 10.1. The number of aromatic carboxylic acids is 1. The first-order valence-corrected chi connectivity index (χ1v) is 3.97. The molecular weight excluding hydrogens is 180 g/mol.